The van der Waals surface area contributed by atoms with Crippen LogP contribution in [0.3, 0.4) is 0 Å². The van der Waals surface area contributed by atoms with E-state index in [1.54, 1.807) is 10.6 Å². The van der Waals surface area contributed by atoms with Crippen LogP contribution in [0.25, 0.3) is 0 Å². The smallest absolute Gasteiger partial charge is 0.0819 e. The minimum Gasteiger partial charge on any atom is -0.0819 e. The summed E-state index contributed by atoms with van der Waals surface area (Å²) in [6.07, 6.45) is 0. The molecule has 0 aliphatic carbocycles. The maximum absolute atomic E-state index is 2.48. The van der Waals surface area contributed by atoms with E-state index >= 15 is 0 Å². The molecular formula is C10H15BSi. The van der Waals surface area contributed by atoms with Crippen LogP contribution in [0, 0.1) is 0 Å². The highest BCUT2D eigenvalue weighted by atomic mass is 28.3. The van der Waals surface area contributed by atoms with Crippen LogP contribution in [0.5, 0.6) is 0 Å². The second-order valence-electron chi connectivity index (χ2n) is 4.58. The highest BCUT2D eigenvalue weighted by molar-refractivity contribution is 7.07. The van der Waals surface area contributed by atoms with Crippen molar-refractivity contribution in [3.63, 3.8) is 0 Å². The lowest BCUT2D eigenvalue weighted by Gasteiger charge is -2.16. The van der Waals surface area contributed by atoms with Crippen LogP contribution >= 0.6 is 0 Å². The third-order valence-corrected chi connectivity index (χ3v) is 6.58. The fourth-order valence-corrected chi connectivity index (χ4v) is 6.16. The van der Waals surface area contributed by atoms with Gasteiger partial charge >= 0.3 is 0 Å². The van der Waals surface area contributed by atoms with Gasteiger partial charge in [-0.3, -0.25) is 0 Å². The van der Waals surface area contributed by atoms with Gasteiger partial charge in [0, 0.05) is 0 Å². The van der Waals surface area contributed by atoms with E-state index in [4.69, 9.17) is 0 Å². The van der Waals surface area contributed by atoms with Gasteiger partial charge in [0.05, 0.1) is 8.07 Å². The average molecular weight is 174 g/mol. The number of benzene rings is 1. The van der Waals surface area contributed by atoms with Crippen LogP contribution in [0.2, 0.25) is 25.9 Å². The SMILES string of the molecule is CB1C[Si](C)(C)c2ccccc21. The Kier molecular flexibility index (Phi) is 1.69. The first-order valence-corrected chi connectivity index (χ1v) is 7.91. The third kappa shape index (κ3) is 1.06. The van der Waals surface area contributed by atoms with Crippen molar-refractivity contribution < 1.29 is 0 Å². The van der Waals surface area contributed by atoms with E-state index in [1.807, 2.05) is 0 Å². The van der Waals surface area contributed by atoms with Crippen LogP contribution in [0.1, 0.15) is 0 Å². The van der Waals surface area contributed by atoms with E-state index < -0.39 is 8.07 Å². The largest absolute Gasteiger partial charge is 0.170 e. The first-order valence-electron chi connectivity index (χ1n) is 4.71. The van der Waals surface area contributed by atoms with Gasteiger partial charge in [0.25, 0.3) is 0 Å². The lowest BCUT2D eigenvalue weighted by molar-refractivity contribution is 1.69. The summed E-state index contributed by atoms with van der Waals surface area (Å²) in [5, 5.41) is 1.69. The monoisotopic (exact) mass is 174 g/mol. The summed E-state index contributed by atoms with van der Waals surface area (Å²) in [7, 11) is -1.02. The minimum atomic E-state index is -1.02. The summed E-state index contributed by atoms with van der Waals surface area (Å²) in [4.78, 5) is 0. The van der Waals surface area contributed by atoms with Crippen LogP contribution in [-0.4, -0.2) is 14.8 Å². The van der Waals surface area contributed by atoms with E-state index in [9.17, 15) is 0 Å². The molecule has 12 heavy (non-hydrogen) atoms. The van der Waals surface area contributed by atoms with Crippen LogP contribution in [-0.2, 0) is 0 Å². The fraction of sp³-hybridized carbons (Fsp3) is 0.400. The van der Waals surface area contributed by atoms with Crippen molar-refractivity contribution in [3.8, 4) is 0 Å². The molecule has 1 aromatic carbocycles. The molecule has 62 valence electrons. The predicted octanol–water partition coefficient (Wildman–Crippen LogP) is 1.49. The molecule has 0 aromatic heterocycles. The molecule has 1 aliphatic rings. The first-order chi connectivity index (χ1) is 5.61. The van der Waals surface area contributed by atoms with Gasteiger partial charge in [0.2, 0.25) is 0 Å². The third-order valence-electron chi connectivity index (χ3n) is 3.04. The zero-order chi connectivity index (χ0) is 8.77. The van der Waals surface area contributed by atoms with Crippen molar-refractivity contribution in [1.29, 1.82) is 0 Å². The molecule has 0 saturated heterocycles. The van der Waals surface area contributed by atoms with Crippen molar-refractivity contribution >= 4 is 25.4 Å². The molecule has 1 heterocycles. The maximum Gasteiger partial charge on any atom is 0.170 e. The van der Waals surface area contributed by atoms with E-state index in [0.717, 1.165) is 6.71 Å². The standard InChI is InChI=1S/C10H15BSi/c1-11-8-12(2,3)10-7-5-4-6-9(10)11/h4-7H,8H2,1-3H3. The highest BCUT2D eigenvalue weighted by Gasteiger charge is 2.37. The molecule has 2 heteroatoms. The Morgan fingerprint density at radius 2 is 1.92 bits per heavy atom. The molecule has 2 rings (SSSR count). The van der Waals surface area contributed by atoms with Crippen LogP contribution in [0.4, 0.5) is 0 Å². The second kappa shape index (κ2) is 2.49. The molecular weight excluding hydrogens is 159 g/mol. The Bertz CT molecular complexity index is 306. The van der Waals surface area contributed by atoms with Gasteiger partial charge in [-0.05, 0) is 0 Å². The molecule has 1 aliphatic heterocycles. The Morgan fingerprint density at radius 3 is 2.58 bits per heavy atom. The number of fused-ring (bicyclic) bond motifs is 1. The first kappa shape index (κ1) is 8.12. The van der Waals surface area contributed by atoms with Crippen LogP contribution in [0.15, 0.2) is 24.3 Å². The Labute approximate surface area is 76.1 Å². The van der Waals surface area contributed by atoms with Gasteiger partial charge in [0.1, 0.15) is 0 Å². The van der Waals surface area contributed by atoms with Crippen molar-refractivity contribution in [2.75, 3.05) is 0 Å². The van der Waals surface area contributed by atoms with Crippen molar-refractivity contribution in [3.05, 3.63) is 24.3 Å². The van der Waals surface area contributed by atoms with Crippen molar-refractivity contribution in [2.24, 2.45) is 0 Å². The van der Waals surface area contributed by atoms with E-state index in [1.165, 1.54) is 5.94 Å². The number of hydrogen-bond donors (Lipinski definition) is 0. The van der Waals surface area contributed by atoms with Gasteiger partial charge in [-0.2, -0.15) is 0 Å². The Balaban J connectivity index is 2.58. The number of hydrogen-bond acceptors (Lipinski definition) is 0. The van der Waals surface area contributed by atoms with E-state index in [2.05, 4.69) is 44.2 Å². The highest BCUT2D eigenvalue weighted by Crippen LogP contribution is 2.17. The number of rotatable bonds is 0. The summed E-state index contributed by atoms with van der Waals surface area (Å²) < 4.78 is 0. The molecule has 0 bridgehead atoms. The van der Waals surface area contributed by atoms with E-state index in [-0.39, 0.29) is 0 Å². The second-order valence-corrected chi connectivity index (χ2v) is 9.29. The van der Waals surface area contributed by atoms with Crippen molar-refractivity contribution in [1.82, 2.24) is 0 Å². The quantitative estimate of drug-likeness (QED) is 0.523. The van der Waals surface area contributed by atoms with E-state index in [0.29, 0.717) is 0 Å². The normalized spacial score (nSPS) is 19.4. The Hall–Kier alpha value is -0.498. The lowest BCUT2D eigenvalue weighted by atomic mass is 9.49. The molecule has 0 unspecified atom stereocenters. The minimum absolute atomic E-state index is 0.808. The zero-order valence-electron chi connectivity index (χ0n) is 8.09. The topological polar surface area (TPSA) is 0 Å². The summed E-state index contributed by atoms with van der Waals surface area (Å²) in [5.41, 5.74) is 1.62. The molecule has 0 radical (unpaired) electrons. The van der Waals surface area contributed by atoms with Gasteiger partial charge in [0.15, 0.2) is 6.71 Å². The molecule has 0 fully saturated rings. The molecule has 0 nitrogen and oxygen atoms in total. The Morgan fingerprint density at radius 1 is 1.25 bits per heavy atom. The average Bonchev–Trinajstić information content (AvgIpc) is 2.25. The predicted molar refractivity (Wildman–Crippen MR) is 59.6 cm³/mol. The van der Waals surface area contributed by atoms with Gasteiger partial charge in [-0.15, -0.1) is 0 Å². The van der Waals surface area contributed by atoms with Crippen molar-refractivity contribution in [2.45, 2.75) is 25.9 Å². The maximum atomic E-state index is 2.48. The van der Waals surface area contributed by atoms with Crippen LogP contribution < -0.4 is 10.6 Å². The summed E-state index contributed by atoms with van der Waals surface area (Å²) in [6, 6.07) is 9.00. The molecule has 0 atom stereocenters. The van der Waals surface area contributed by atoms with Gasteiger partial charge < -0.3 is 0 Å². The zero-order valence-corrected chi connectivity index (χ0v) is 9.09. The lowest BCUT2D eigenvalue weighted by Crippen LogP contribution is -2.41. The molecule has 1 aromatic rings. The molecule has 0 spiro atoms. The molecule has 0 saturated carbocycles. The summed E-state index contributed by atoms with van der Waals surface area (Å²) in [6.45, 7) is 8.13. The summed E-state index contributed by atoms with van der Waals surface area (Å²) in [5.74, 6) is 1.44. The fourth-order valence-electron chi connectivity index (χ4n) is 2.53. The molecule has 0 N–H and O–H groups in total. The summed E-state index contributed by atoms with van der Waals surface area (Å²) >= 11 is 0. The van der Waals surface area contributed by atoms with Gasteiger partial charge in [-0.25, -0.2) is 0 Å². The van der Waals surface area contributed by atoms with Gasteiger partial charge in [-0.1, -0.05) is 60.8 Å². The molecule has 0 amide bonds.